The Morgan fingerprint density at radius 2 is 1.55 bits per heavy atom. The number of ether oxygens (including phenoxy) is 1. The molecule has 0 radical (unpaired) electrons. The molecule has 4 rings (SSSR count). The van der Waals surface area contributed by atoms with Crippen LogP contribution in [0, 0.1) is 5.41 Å². The average Bonchev–Trinajstić information content (AvgIpc) is 2.47. The van der Waals surface area contributed by atoms with Gasteiger partial charge in [-0.3, -0.25) is 0 Å². The maximum absolute atomic E-state index is 6.11. The van der Waals surface area contributed by atoms with Crippen molar-refractivity contribution < 1.29 is 4.74 Å². The van der Waals surface area contributed by atoms with E-state index in [0.717, 1.165) is 12.4 Å². The minimum Gasteiger partial charge on any atom is -0.493 e. The molecule has 3 aliphatic heterocycles. The second-order valence-electron chi connectivity index (χ2n) is 7.65. The van der Waals surface area contributed by atoms with Gasteiger partial charge < -0.3 is 9.64 Å². The maximum Gasteiger partial charge on any atom is 0.119 e. The van der Waals surface area contributed by atoms with Gasteiger partial charge in [-0.25, -0.2) is 0 Å². The number of hydrogen-bond donors (Lipinski definition) is 0. The lowest BCUT2D eigenvalue weighted by atomic mass is 9.73. The predicted octanol–water partition coefficient (Wildman–Crippen LogP) is 3.85. The first kappa shape index (κ1) is 13.9. The molecule has 0 aliphatic carbocycles. The van der Waals surface area contributed by atoms with Crippen LogP contribution in [0.25, 0.3) is 0 Å². The molecule has 0 N–H and O–H groups in total. The van der Waals surface area contributed by atoms with Crippen LogP contribution in [-0.4, -0.2) is 31.1 Å². The van der Waals surface area contributed by atoms with Crippen LogP contribution >= 0.6 is 0 Å². The summed E-state index contributed by atoms with van der Waals surface area (Å²) in [6.45, 7) is 11.5. The molecule has 3 heterocycles. The molecule has 0 aromatic heterocycles. The molecular weight excluding hydrogens is 246 g/mol. The Balaban J connectivity index is 1.61. The zero-order valence-electron chi connectivity index (χ0n) is 13.1. The summed E-state index contributed by atoms with van der Waals surface area (Å²) >= 11 is 0. The number of rotatable bonds is 3. The van der Waals surface area contributed by atoms with E-state index in [9.17, 15) is 0 Å². The summed E-state index contributed by atoms with van der Waals surface area (Å²) in [7, 11) is 0. The smallest absolute Gasteiger partial charge is 0.119 e. The molecule has 0 atom stereocenters. The summed E-state index contributed by atoms with van der Waals surface area (Å²) in [5.74, 6) is 1.03. The van der Waals surface area contributed by atoms with Crippen LogP contribution < -0.4 is 4.74 Å². The monoisotopic (exact) mass is 273 g/mol. The van der Waals surface area contributed by atoms with Gasteiger partial charge in [-0.1, -0.05) is 32.9 Å². The van der Waals surface area contributed by atoms with Crippen molar-refractivity contribution in [3.8, 4) is 5.75 Å². The SMILES string of the molecule is CC(C)(C)c1ccc(OCC23CCN(CC2)CC3)cc1. The molecule has 2 heteroatoms. The van der Waals surface area contributed by atoms with Crippen molar-refractivity contribution in [2.75, 3.05) is 26.2 Å². The lowest BCUT2D eigenvalue weighted by Crippen LogP contribution is -2.50. The third-order valence-corrected chi connectivity index (χ3v) is 5.14. The summed E-state index contributed by atoms with van der Waals surface area (Å²) in [5, 5.41) is 0. The third kappa shape index (κ3) is 2.85. The highest BCUT2D eigenvalue weighted by molar-refractivity contribution is 5.31. The quantitative estimate of drug-likeness (QED) is 0.829. The molecular formula is C18H27NO. The lowest BCUT2D eigenvalue weighted by molar-refractivity contribution is -0.00766. The summed E-state index contributed by atoms with van der Waals surface area (Å²) in [6, 6.07) is 8.68. The largest absolute Gasteiger partial charge is 0.493 e. The molecule has 0 saturated carbocycles. The molecule has 0 spiro atoms. The van der Waals surface area contributed by atoms with E-state index in [2.05, 4.69) is 49.9 Å². The Kier molecular flexibility index (Phi) is 3.53. The van der Waals surface area contributed by atoms with Crippen molar-refractivity contribution in [2.45, 2.75) is 45.4 Å². The highest BCUT2D eigenvalue weighted by atomic mass is 16.5. The van der Waals surface area contributed by atoms with E-state index >= 15 is 0 Å². The van der Waals surface area contributed by atoms with Crippen LogP contribution in [0.15, 0.2) is 24.3 Å². The molecule has 1 aromatic carbocycles. The lowest BCUT2D eigenvalue weighted by Gasteiger charge is -2.48. The number of benzene rings is 1. The van der Waals surface area contributed by atoms with E-state index in [4.69, 9.17) is 4.74 Å². The Morgan fingerprint density at radius 3 is 2.05 bits per heavy atom. The minimum atomic E-state index is 0.216. The molecule has 2 nitrogen and oxygen atoms in total. The van der Waals surface area contributed by atoms with Crippen LogP contribution in [0.2, 0.25) is 0 Å². The third-order valence-electron chi connectivity index (χ3n) is 5.14. The standard InChI is InChI=1S/C18H27NO/c1-17(2,3)15-4-6-16(7-5-15)20-14-18-8-11-19(12-9-18)13-10-18/h4-7H,8-14H2,1-3H3. The molecule has 3 aliphatic rings. The van der Waals surface area contributed by atoms with E-state index < -0.39 is 0 Å². The summed E-state index contributed by atoms with van der Waals surface area (Å²) in [5.41, 5.74) is 2.04. The normalized spacial score (nSPS) is 29.4. The first-order valence-electron chi connectivity index (χ1n) is 7.93. The van der Waals surface area contributed by atoms with Crippen LogP contribution in [-0.2, 0) is 5.41 Å². The fraction of sp³-hybridized carbons (Fsp3) is 0.667. The predicted molar refractivity (Wildman–Crippen MR) is 83.4 cm³/mol. The van der Waals surface area contributed by atoms with E-state index in [1.165, 1.54) is 44.5 Å². The van der Waals surface area contributed by atoms with Crippen LogP contribution in [0.3, 0.4) is 0 Å². The highest BCUT2D eigenvalue weighted by Gasteiger charge is 2.39. The zero-order chi connectivity index (χ0) is 14.2. The Hall–Kier alpha value is -1.02. The molecule has 0 amide bonds. The van der Waals surface area contributed by atoms with Crippen molar-refractivity contribution >= 4 is 0 Å². The van der Waals surface area contributed by atoms with E-state index in [0.29, 0.717) is 5.41 Å². The van der Waals surface area contributed by atoms with Gasteiger partial charge in [0.15, 0.2) is 0 Å². The van der Waals surface area contributed by atoms with Gasteiger partial charge in [-0.2, -0.15) is 0 Å². The minimum absolute atomic E-state index is 0.216. The van der Waals surface area contributed by atoms with Gasteiger partial charge in [0, 0.05) is 5.41 Å². The van der Waals surface area contributed by atoms with Crippen molar-refractivity contribution in [1.29, 1.82) is 0 Å². The zero-order valence-corrected chi connectivity index (χ0v) is 13.1. The number of hydrogen-bond acceptors (Lipinski definition) is 2. The number of piperidine rings is 3. The number of nitrogens with zero attached hydrogens (tertiary/aromatic N) is 1. The average molecular weight is 273 g/mol. The molecule has 110 valence electrons. The molecule has 3 saturated heterocycles. The maximum atomic E-state index is 6.11. The second-order valence-corrected chi connectivity index (χ2v) is 7.65. The first-order chi connectivity index (χ1) is 9.47. The van der Waals surface area contributed by atoms with E-state index in [1.54, 1.807) is 0 Å². The van der Waals surface area contributed by atoms with Gasteiger partial charge in [0.2, 0.25) is 0 Å². The van der Waals surface area contributed by atoms with Gasteiger partial charge in [-0.05, 0) is 62.0 Å². The second kappa shape index (κ2) is 5.07. The fourth-order valence-corrected chi connectivity index (χ4v) is 3.40. The Bertz CT molecular complexity index is 436. The van der Waals surface area contributed by atoms with Crippen LogP contribution in [0.4, 0.5) is 0 Å². The fourth-order valence-electron chi connectivity index (χ4n) is 3.40. The van der Waals surface area contributed by atoms with Gasteiger partial charge in [-0.15, -0.1) is 0 Å². The summed E-state index contributed by atoms with van der Waals surface area (Å²) in [4.78, 5) is 2.58. The molecule has 2 bridgehead atoms. The van der Waals surface area contributed by atoms with Crippen molar-refractivity contribution in [3.63, 3.8) is 0 Å². The van der Waals surface area contributed by atoms with Crippen LogP contribution in [0.1, 0.15) is 45.6 Å². The Morgan fingerprint density at radius 1 is 1.00 bits per heavy atom. The van der Waals surface area contributed by atoms with Gasteiger partial charge in [0.05, 0.1) is 6.61 Å². The molecule has 20 heavy (non-hydrogen) atoms. The highest BCUT2D eigenvalue weighted by Crippen LogP contribution is 2.40. The topological polar surface area (TPSA) is 12.5 Å². The summed E-state index contributed by atoms with van der Waals surface area (Å²) < 4.78 is 6.11. The van der Waals surface area contributed by atoms with E-state index in [1.807, 2.05) is 0 Å². The first-order valence-corrected chi connectivity index (χ1v) is 7.93. The summed E-state index contributed by atoms with van der Waals surface area (Å²) in [6.07, 6.45) is 3.94. The molecule has 0 unspecified atom stereocenters. The van der Waals surface area contributed by atoms with Gasteiger partial charge in [0.25, 0.3) is 0 Å². The van der Waals surface area contributed by atoms with Crippen LogP contribution in [0.5, 0.6) is 5.75 Å². The van der Waals surface area contributed by atoms with Gasteiger partial charge in [0.1, 0.15) is 5.75 Å². The van der Waals surface area contributed by atoms with E-state index in [-0.39, 0.29) is 5.41 Å². The Labute approximate surface area is 123 Å². The molecule has 3 fully saturated rings. The van der Waals surface area contributed by atoms with Crippen molar-refractivity contribution in [3.05, 3.63) is 29.8 Å². The van der Waals surface area contributed by atoms with Crippen molar-refractivity contribution in [2.24, 2.45) is 5.41 Å². The molecule has 1 aromatic rings. The van der Waals surface area contributed by atoms with Gasteiger partial charge >= 0.3 is 0 Å². The number of fused-ring (bicyclic) bond motifs is 3. The van der Waals surface area contributed by atoms with Crippen molar-refractivity contribution in [1.82, 2.24) is 4.90 Å².